The highest BCUT2D eigenvalue weighted by atomic mass is 35.5. The Kier molecular flexibility index (Phi) is 5.72. The molecule has 110 valence electrons. The van der Waals surface area contributed by atoms with E-state index in [4.69, 9.17) is 16.3 Å². The molecule has 0 spiro atoms. The van der Waals surface area contributed by atoms with Crippen LogP contribution in [-0.2, 0) is 15.3 Å². The van der Waals surface area contributed by atoms with Crippen molar-refractivity contribution in [2.24, 2.45) is 0 Å². The van der Waals surface area contributed by atoms with Crippen LogP contribution in [0.5, 0.6) is 0 Å². The predicted octanol–water partition coefficient (Wildman–Crippen LogP) is 1.84. The number of carbonyl (C=O) groups is 1. The summed E-state index contributed by atoms with van der Waals surface area (Å²) in [7, 11) is 0. The number of thioether (sulfide) groups is 1. The zero-order chi connectivity index (χ0) is 14.4. The number of hydrogen-bond donors (Lipinski definition) is 2. The van der Waals surface area contributed by atoms with Crippen molar-refractivity contribution < 1.29 is 14.6 Å². The summed E-state index contributed by atoms with van der Waals surface area (Å²) in [6, 6.07) is 7.58. The number of rotatable bonds is 6. The van der Waals surface area contributed by atoms with Crippen LogP contribution in [0.3, 0.4) is 0 Å². The summed E-state index contributed by atoms with van der Waals surface area (Å²) in [5.74, 6) is 1.07. The molecule has 0 bridgehead atoms. The summed E-state index contributed by atoms with van der Waals surface area (Å²) >= 11 is 7.34. The van der Waals surface area contributed by atoms with Gasteiger partial charge < -0.3 is 15.2 Å². The van der Waals surface area contributed by atoms with Crippen LogP contribution in [0.1, 0.15) is 12.0 Å². The van der Waals surface area contributed by atoms with E-state index in [1.807, 2.05) is 24.3 Å². The molecule has 20 heavy (non-hydrogen) atoms. The number of hydrogen-bond acceptors (Lipinski definition) is 4. The first kappa shape index (κ1) is 15.6. The average molecular weight is 316 g/mol. The van der Waals surface area contributed by atoms with Gasteiger partial charge in [0.1, 0.15) is 5.60 Å². The highest BCUT2D eigenvalue weighted by Crippen LogP contribution is 2.17. The van der Waals surface area contributed by atoms with Crippen molar-refractivity contribution in [3.63, 3.8) is 0 Å². The van der Waals surface area contributed by atoms with E-state index in [-0.39, 0.29) is 12.5 Å². The Balaban J connectivity index is 1.64. The Bertz CT molecular complexity index is 446. The molecule has 1 saturated heterocycles. The molecule has 1 atom stereocenters. The van der Waals surface area contributed by atoms with E-state index in [0.29, 0.717) is 30.4 Å². The van der Waals surface area contributed by atoms with Crippen molar-refractivity contribution in [2.75, 3.05) is 25.5 Å². The number of aliphatic hydroxyl groups is 1. The lowest BCUT2D eigenvalue weighted by atomic mass is 10.0. The predicted molar refractivity (Wildman–Crippen MR) is 81.0 cm³/mol. The van der Waals surface area contributed by atoms with E-state index in [1.165, 1.54) is 11.8 Å². The monoisotopic (exact) mass is 315 g/mol. The van der Waals surface area contributed by atoms with Crippen molar-refractivity contribution in [2.45, 2.75) is 17.8 Å². The standard InChI is InChI=1S/C14H18ClNO3S/c15-12-3-1-11(2-4-12)7-20-8-13(17)16-9-14(18)5-6-19-10-14/h1-4,18H,5-10H2,(H,16,17). The molecule has 1 heterocycles. The summed E-state index contributed by atoms with van der Waals surface area (Å²) in [6.07, 6.45) is 0.575. The molecule has 1 amide bonds. The van der Waals surface area contributed by atoms with Gasteiger partial charge in [0, 0.05) is 30.3 Å². The third-order valence-electron chi connectivity index (χ3n) is 3.11. The zero-order valence-electron chi connectivity index (χ0n) is 11.1. The molecule has 1 unspecified atom stereocenters. The van der Waals surface area contributed by atoms with Crippen LogP contribution >= 0.6 is 23.4 Å². The molecule has 0 aromatic heterocycles. The van der Waals surface area contributed by atoms with Gasteiger partial charge in [-0.25, -0.2) is 0 Å². The zero-order valence-corrected chi connectivity index (χ0v) is 12.7. The fourth-order valence-corrected chi connectivity index (χ4v) is 2.84. The smallest absolute Gasteiger partial charge is 0.230 e. The van der Waals surface area contributed by atoms with Crippen molar-refractivity contribution >= 4 is 29.3 Å². The van der Waals surface area contributed by atoms with Crippen LogP contribution in [0.2, 0.25) is 5.02 Å². The topological polar surface area (TPSA) is 58.6 Å². The van der Waals surface area contributed by atoms with Crippen molar-refractivity contribution in [3.05, 3.63) is 34.9 Å². The van der Waals surface area contributed by atoms with Crippen molar-refractivity contribution in [1.29, 1.82) is 0 Å². The number of ether oxygens (including phenoxy) is 1. The van der Waals surface area contributed by atoms with Gasteiger partial charge in [0.25, 0.3) is 0 Å². The third-order valence-corrected chi connectivity index (χ3v) is 4.37. The highest BCUT2D eigenvalue weighted by molar-refractivity contribution is 7.99. The molecule has 6 heteroatoms. The Morgan fingerprint density at radius 1 is 1.45 bits per heavy atom. The molecule has 2 N–H and O–H groups in total. The maximum atomic E-state index is 11.7. The molecule has 4 nitrogen and oxygen atoms in total. The fraction of sp³-hybridized carbons (Fsp3) is 0.500. The van der Waals surface area contributed by atoms with Gasteiger partial charge in [-0.3, -0.25) is 4.79 Å². The maximum absolute atomic E-state index is 11.7. The van der Waals surface area contributed by atoms with Gasteiger partial charge in [0.2, 0.25) is 5.91 Å². The summed E-state index contributed by atoms with van der Waals surface area (Å²) in [5.41, 5.74) is 0.242. The number of nitrogens with one attached hydrogen (secondary N) is 1. The quantitative estimate of drug-likeness (QED) is 0.841. The first-order chi connectivity index (χ1) is 9.57. The van der Waals surface area contributed by atoms with E-state index < -0.39 is 5.60 Å². The lowest BCUT2D eigenvalue weighted by Gasteiger charge is -2.20. The number of amides is 1. The van der Waals surface area contributed by atoms with Gasteiger partial charge >= 0.3 is 0 Å². The van der Waals surface area contributed by atoms with E-state index in [2.05, 4.69) is 5.32 Å². The van der Waals surface area contributed by atoms with Crippen molar-refractivity contribution in [1.82, 2.24) is 5.32 Å². The normalized spacial score (nSPS) is 21.9. The highest BCUT2D eigenvalue weighted by Gasteiger charge is 2.32. The van der Waals surface area contributed by atoms with Gasteiger partial charge in [-0.2, -0.15) is 0 Å². The third kappa shape index (κ3) is 4.98. The summed E-state index contributed by atoms with van der Waals surface area (Å²) in [4.78, 5) is 11.7. The average Bonchev–Trinajstić information content (AvgIpc) is 2.86. The second-order valence-electron chi connectivity index (χ2n) is 4.92. The second-order valence-corrected chi connectivity index (χ2v) is 6.34. The van der Waals surface area contributed by atoms with Gasteiger partial charge in [0.05, 0.1) is 12.4 Å². The van der Waals surface area contributed by atoms with Crippen LogP contribution in [0.25, 0.3) is 0 Å². The van der Waals surface area contributed by atoms with Crippen LogP contribution < -0.4 is 5.32 Å². The van der Waals surface area contributed by atoms with E-state index in [1.54, 1.807) is 0 Å². The molecular weight excluding hydrogens is 298 g/mol. The lowest BCUT2D eigenvalue weighted by Crippen LogP contribution is -2.43. The minimum atomic E-state index is -0.892. The molecule has 0 saturated carbocycles. The molecule has 1 aromatic rings. The Labute approximate surface area is 127 Å². The Morgan fingerprint density at radius 2 is 2.20 bits per heavy atom. The van der Waals surface area contributed by atoms with E-state index >= 15 is 0 Å². The maximum Gasteiger partial charge on any atom is 0.230 e. The number of halogens is 1. The fourth-order valence-electron chi connectivity index (χ4n) is 1.89. The molecule has 1 aromatic carbocycles. The second kappa shape index (κ2) is 7.31. The molecule has 1 fully saturated rings. The first-order valence-electron chi connectivity index (χ1n) is 6.46. The Hall–Kier alpha value is -0.750. The van der Waals surface area contributed by atoms with Crippen LogP contribution in [0.4, 0.5) is 0 Å². The van der Waals surface area contributed by atoms with Crippen LogP contribution in [0.15, 0.2) is 24.3 Å². The SMILES string of the molecule is O=C(CSCc1ccc(Cl)cc1)NCC1(O)CCOC1. The summed E-state index contributed by atoms with van der Waals surface area (Å²) in [6.45, 7) is 1.11. The first-order valence-corrected chi connectivity index (χ1v) is 8.00. The van der Waals surface area contributed by atoms with E-state index in [9.17, 15) is 9.90 Å². The molecule has 0 radical (unpaired) electrons. The van der Waals surface area contributed by atoms with Crippen molar-refractivity contribution in [3.8, 4) is 0 Å². The van der Waals surface area contributed by atoms with Gasteiger partial charge in [-0.1, -0.05) is 23.7 Å². The molecule has 1 aliphatic heterocycles. The number of benzene rings is 1. The van der Waals surface area contributed by atoms with Gasteiger partial charge in [-0.15, -0.1) is 11.8 Å². The van der Waals surface area contributed by atoms with E-state index in [0.717, 1.165) is 11.3 Å². The Morgan fingerprint density at radius 3 is 2.85 bits per heavy atom. The lowest BCUT2D eigenvalue weighted by molar-refractivity contribution is -0.119. The summed E-state index contributed by atoms with van der Waals surface area (Å²) < 4.78 is 5.12. The number of carbonyl (C=O) groups excluding carboxylic acids is 1. The largest absolute Gasteiger partial charge is 0.386 e. The molecular formula is C14H18ClNO3S. The van der Waals surface area contributed by atoms with Gasteiger partial charge in [-0.05, 0) is 17.7 Å². The molecule has 1 aliphatic rings. The van der Waals surface area contributed by atoms with Gasteiger partial charge in [0.15, 0.2) is 0 Å². The van der Waals surface area contributed by atoms with Crippen LogP contribution in [-0.4, -0.2) is 42.1 Å². The van der Waals surface area contributed by atoms with Crippen LogP contribution in [0, 0.1) is 0 Å². The molecule has 2 rings (SSSR count). The minimum Gasteiger partial charge on any atom is -0.386 e. The minimum absolute atomic E-state index is 0.0655. The molecule has 0 aliphatic carbocycles. The summed E-state index contributed by atoms with van der Waals surface area (Å²) in [5, 5.41) is 13.5.